The van der Waals surface area contributed by atoms with Gasteiger partial charge in [-0.1, -0.05) is 30.1 Å². The maximum Gasteiger partial charge on any atom is 0.0913 e. The van der Waals surface area contributed by atoms with E-state index in [0.29, 0.717) is 10.0 Å². The van der Waals surface area contributed by atoms with Crippen LogP contribution in [0.5, 0.6) is 0 Å². The van der Waals surface area contributed by atoms with Gasteiger partial charge in [0, 0.05) is 21.8 Å². The number of nitrogens with two attached hydrogens (primary N) is 1. The fraction of sp³-hybridized carbons (Fsp3) is 0.250. The number of halogens is 2. The van der Waals surface area contributed by atoms with Crippen LogP contribution in [0.15, 0.2) is 12.1 Å². The van der Waals surface area contributed by atoms with Gasteiger partial charge in [-0.25, -0.2) is 0 Å². The van der Waals surface area contributed by atoms with E-state index in [-0.39, 0.29) is 0 Å². The molecule has 0 aliphatic heterocycles. The van der Waals surface area contributed by atoms with Gasteiger partial charge in [-0.15, -0.1) is 0 Å². The van der Waals surface area contributed by atoms with E-state index in [9.17, 15) is 0 Å². The summed E-state index contributed by atoms with van der Waals surface area (Å²) in [7, 11) is 0. The van der Waals surface area contributed by atoms with Crippen LogP contribution >= 0.6 is 23.2 Å². The van der Waals surface area contributed by atoms with Crippen LogP contribution in [0.1, 0.15) is 18.2 Å². The minimum Gasteiger partial charge on any atom is -0.398 e. The molecule has 4 heteroatoms. The average Bonchev–Trinajstić information content (AvgIpc) is 2.21. The molecule has 1 aromatic heterocycles. The summed E-state index contributed by atoms with van der Waals surface area (Å²) >= 11 is 12.1. The van der Waals surface area contributed by atoms with E-state index in [4.69, 9.17) is 28.9 Å². The number of nitrogen functional groups attached to an aromatic ring is 1. The summed E-state index contributed by atoms with van der Waals surface area (Å²) in [4.78, 5) is 4.48. The lowest BCUT2D eigenvalue weighted by Crippen LogP contribution is -2.00. The molecule has 0 atom stereocenters. The summed E-state index contributed by atoms with van der Waals surface area (Å²) in [6, 6.07) is 3.49. The van der Waals surface area contributed by atoms with E-state index in [2.05, 4.69) is 11.9 Å². The first-order valence-corrected chi connectivity index (χ1v) is 5.84. The lowest BCUT2D eigenvalue weighted by Gasteiger charge is -2.11. The van der Waals surface area contributed by atoms with Crippen molar-refractivity contribution in [3.63, 3.8) is 0 Å². The molecule has 1 aromatic carbocycles. The molecular weight excluding hydrogens is 243 g/mol. The van der Waals surface area contributed by atoms with Crippen molar-refractivity contribution in [2.45, 2.75) is 20.3 Å². The van der Waals surface area contributed by atoms with E-state index in [1.165, 1.54) is 0 Å². The molecule has 2 N–H and O–H groups in total. The minimum atomic E-state index is 0.542. The molecule has 0 unspecified atom stereocenters. The fourth-order valence-corrected chi connectivity index (χ4v) is 2.46. The van der Waals surface area contributed by atoms with E-state index in [0.717, 1.165) is 34.3 Å². The molecule has 1 heterocycles. The van der Waals surface area contributed by atoms with Crippen molar-refractivity contribution in [1.82, 2.24) is 4.98 Å². The first kappa shape index (κ1) is 11.5. The fourth-order valence-electron chi connectivity index (χ4n) is 1.92. The number of fused-ring (bicyclic) bond motifs is 1. The largest absolute Gasteiger partial charge is 0.398 e. The highest BCUT2D eigenvalue weighted by Gasteiger charge is 2.11. The van der Waals surface area contributed by atoms with Gasteiger partial charge in [0.1, 0.15) is 0 Å². The van der Waals surface area contributed by atoms with Crippen molar-refractivity contribution in [3.8, 4) is 0 Å². The predicted molar refractivity (Wildman–Crippen MR) is 70.3 cm³/mol. The summed E-state index contributed by atoms with van der Waals surface area (Å²) in [5, 5.41) is 1.96. The number of nitrogens with zero attached hydrogens (tertiary/aromatic N) is 1. The maximum atomic E-state index is 6.11. The van der Waals surface area contributed by atoms with Crippen LogP contribution in [0, 0.1) is 6.92 Å². The molecule has 0 saturated heterocycles. The number of hydrogen-bond donors (Lipinski definition) is 1. The van der Waals surface area contributed by atoms with Crippen LogP contribution in [0.25, 0.3) is 10.9 Å². The lowest BCUT2D eigenvalue weighted by molar-refractivity contribution is 1.07. The summed E-state index contributed by atoms with van der Waals surface area (Å²) < 4.78 is 0. The molecule has 84 valence electrons. The second kappa shape index (κ2) is 4.11. The Morgan fingerprint density at radius 2 is 2.00 bits per heavy atom. The van der Waals surface area contributed by atoms with Gasteiger partial charge in [0.05, 0.1) is 10.5 Å². The van der Waals surface area contributed by atoms with Crippen molar-refractivity contribution < 1.29 is 0 Å². The molecule has 0 fully saturated rings. The van der Waals surface area contributed by atoms with E-state index in [1.807, 2.05) is 13.0 Å². The molecule has 0 amide bonds. The Labute approximate surface area is 104 Å². The number of pyridine rings is 1. The molecule has 0 aliphatic rings. The number of hydrogen-bond acceptors (Lipinski definition) is 2. The number of aryl methyl sites for hydroxylation is 1. The van der Waals surface area contributed by atoms with Gasteiger partial charge in [-0.05, 0) is 31.0 Å². The van der Waals surface area contributed by atoms with Crippen LogP contribution in [0.4, 0.5) is 5.69 Å². The smallest absolute Gasteiger partial charge is 0.0913 e. The standard InChI is InChI=1S/C12H12Cl2N2/c1-3-8-6(2)16-12-9(11(8)15)4-7(13)5-10(12)14/h4-5H,3H2,1-2H3,(H2,15,16). The molecule has 0 saturated carbocycles. The molecule has 2 rings (SSSR count). The zero-order valence-electron chi connectivity index (χ0n) is 9.14. The Hall–Kier alpha value is -0.990. The Morgan fingerprint density at radius 1 is 1.31 bits per heavy atom. The van der Waals surface area contributed by atoms with Crippen LogP contribution in [-0.4, -0.2) is 4.98 Å². The third-order valence-corrected chi connectivity index (χ3v) is 3.22. The SMILES string of the molecule is CCc1c(C)nc2c(Cl)cc(Cl)cc2c1N. The van der Waals surface area contributed by atoms with Crippen molar-refractivity contribution in [1.29, 1.82) is 0 Å². The van der Waals surface area contributed by atoms with Crippen LogP contribution < -0.4 is 5.73 Å². The molecule has 16 heavy (non-hydrogen) atoms. The Morgan fingerprint density at radius 3 is 2.62 bits per heavy atom. The van der Waals surface area contributed by atoms with Crippen LogP contribution in [0.2, 0.25) is 10.0 Å². The van der Waals surface area contributed by atoms with Crippen LogP contribution in [-0.2, 0) is 6.42 Å². The van der Waals surface area contributed by atoms with E-state index < -0.39 is 0 Å². The van der Waals surface area contributed by atoms with Gasteiger partial charge in [0.25, 0.3) is 0 Å². The van der Waals surface area contributed by atoms with Crippen LogP contribution in [0.3, 0.4) is 0 Å². The first-order chi connectivity index (χ1) is 7.54. The normalized spacial score (nSPS) is 11.0. The van der Waals surface area contributed by atoms with E-state index >= 15 is 0 Å². The molecular formula is C12H12Cl2N2. The lowest BCUT2D eigenvalue weighted by atomic mass is 10.0. The number of benzene rings is 1. The quantitative estimate of drug-likeness (QED) is 0.836. The number of rotatable bonds is 1. The highest BCUT2D eigenvalue weighted by atomic mass is 35.5. The average molecular weight is 255 g/mol. The predicted octanol–water partition coefficient (Wildman–Crippen LogP) is 3.99. The van der Waals surface area contributed by atoms with Gasteiger partial charge in [-0.2, -0.15) is 0 Å². The third kappa shape index (κ3) is 1.72. The second-order valence-corrected chi connectivity index (χ2v) is 4.57. The zero-order chi connectivity index (χ0) is 11.9. The third-order valence-electron chi connectivity index (χ3n) is 2.71. The molecule has 0 aliphatic carbocycles. The van der Waals surface area contributed by atoms with Crippen molar-refractivity contribution in [2.75, 3.05) is 5.73 Å². The summed E-state index contributed by atoms with van der Waals surface area (Å²) in [6.07, 6.45) is 0.852. The highest BCUT2D eigenvalue weighted by molar-refractivity contribution is 6.38. The van der Waals surface area contributed by atoms with Gasteiger partial charge >= 0.3 is 0 Å². The van der Waals surface area contributed by atoms with Crippen molar-refractivity contribution in [3.05, 3.63) is 33.4 Å². The van der Waals surface area contributed by atoms with Crippen molar-refractivity contribution >= 4 is 39.8 Å². The summed E-state index contributed by atoms with van der Waals surface area (Å²) in [6.45, 7) is 4.00. The van der Waals surface area contributed by atoms with Gasteiger partial charge in [-0.3, -0.25) is 4.98 Å². The molecule has 0 radical (unpaired) electrons. The highest BCUT2D eigenvalue weighted by Crippen LogP contribution is 2.33. The van der Waals surface area contributed by atoms with Gasteiger partial charge < -0.3 is 5.73 Å². The summed E-state index contributed by atoms with van der Waals surface area (Å²) in [5.41, 5.74) is 9.55. The second-order valence-electron chi connectivity index (χ2n) is 3.73. The Bertz CT molecular complexity index is 565. The van der Waals surface area contributed by atoms with Gasteiger partial charge in [0.2, 0.25) is 0 Å². The van der Waals surface area contributed by atoms with Crippen molar-refractivity contribution in [2.24, 2.45) is 0 Å². The first-order valence-electron chi connectivity index (χ1n) is 5.08. The Balaban J connectivity index is 2.93. The minimum absolute atomic E-state index is 0.542. The maximum absolute atomic E-state index is 6.11. The topological polar surface area (TPSA) is 38.9 Å². The zero-order valence-corrected chi connectivity index (χ0v) is 10.7. The molecule has 2 nitrogen and oxygen atoms in total. The molecule has 2 aromatic rings. The number of anilines is 1. The molecule has 0 spiro atoms. The Kier molecular flexibility index (Phi) is 2.96. The van der Waals surface area contributed by atoms with Gasteiger partial charge in [0.15, 0.2) is 0 Å². The number of aromatic nitrogens is 1. The monoisotopic (exact) mass is 254 g/mol. The summed E-state index contributed by atoms with van der Waals surface area (Å²) in [5.74, 6) is 0. The molecule has 0 bridgehead atoms. The van der Waals surface area contributed by atoms with E-state index in [1.54, 1.807) is 6.07 Å².